The largest absolute Gasteiger partial charge is 0.375 e. The predicted octanol–water partition coefficient (Wildman–Crippen LogP) is 3.58. The van der Waals surface area contributed by atoms with Gasteiger partial charge in [0.1, 0.15) is 0 Å². The Kier molecular flexibility index (Phi) is 6.10. The molecule has 2 aliphatic rings. The molecule has 0 aromatic heterocycles. The zero-order chi connectivity index (χ0) is 15.3. The van der Waals surface area contributed by atoms with Crippen LogP contribution in [0.15, 0.2) is 0 Å². The SMILES string of the molecule is CCCC1CN(CCOC(C)(C)C)C2(CCCCC2)CN1. The fourth-order valence-corrected chi connectivity index (χ4v) is 4.01. The zero-order valence-corrected chi connectivity index (χ0v) is 14.7. The molecule has 2 fully saturated rings. The summed E-state index contributed by atoms with van der Waals surface area (Å²) in [6.07, 6.45) is 9.53. The molecular formula is C18H36N2O. The smallest absolute Gasteiger partial charge is 0.0600 e. The highest BCUT2D eigenvalue weighted by Gasteiger charge is 2.41. The molecule has 0 aromatic carbocycles. The number of rotatable bonds is 5. The van der Waals surface area contributed by atoms with E-state index < -0.39 is 0 Å². The van der Waals surface area contributed by atoms with E-state index in [1.54, 1.807) is 0 Å². The molecule has 1 saturated heterocycles. The standard InChI is InChI=1S/C18H36N2O/c1-5-9-16-14-20(12-13-21-17(2,3)4)18(15-19-16)10-7-6-8-11-18/h16,19H,5-15H2,1-4H3. The molecule has 3 nitrogen and oxygen atoms in total. The first-order chi connectivity index (χ1) is 9.95. The summed E-state index contributed by atoms with van der Waals surface area (Å²) in [5, 5.41) is 3.83. The Morgan fingerprint density at radius 3 is 2.52 bits per heavy atom. The number of piperazine rings is 1. The summed E-state index contributed by atoms with van der Waals surface area (Å²) < 4.78 is 6.00. The van der Waals surface area contributed by atoms with Gasteiger partial charge in [0, 0.05) is 31.2 Å². The highest BCUT2D eigenvalue weighted by Crippen LogP contribution is 2.35. The molecule has 2 rings (SSSR count). The maximum absolute atomic E-state index is 6.00. The first kappa shape index (κ1) is 17.2. The molecule has 0 radical (unpaired) electrons. The van der Waals surface area contributed by atoms with Gasteiger partial charge in [0.05, 0.1) is 12.2 Å². The zero-order valence-electron chi connectivity index (χ0n) is 14.7. The van der Waals surface area contributed by atoms with E-state index in [1.165, 1.54) is 58.0 Å². The lowest BCUT2D eigenvalue weighted by molar-refractivity contribution is -0.0491. The van der Waals surface area contributed by atoms with Crippen LogP contribution < -0.4 is 5.32 Å². The summed E-state index contributed by atoms with van der Waals surface area (Å²) in [6.45, 7) is 13.1. The molecule has 0 bridgehead atoms. The van der Waals surface area contributed by atoms with E-state index in [0.717, 1.165) is 13.2 Å². The molecule has 1 N–H and O–H groups in total. The third kappa shape index (κ3) is 4.94. The number of ether oxygens (including phenoxy) is 1. The van der Waals surface area contributed by atoms with Gasteiger partial charge in [-0.1, -0.05) is 32.6 Å². The molecule has 1 heterocycles. The lowest BCUT2D eigenvalue weighted by Gasteiger charge is -2.52. The van der Waals surface area contributed by atoms with E-state index in [4.69, 9.17) is 4.74 Å². The second-order valence-electron chi connectivity index (χ2n) is 8.06. The second-order valence-corrected chi connectivity index (χ2v) is 8.06. The monoisotopic (exact) mass is 296 g/mol. The molecule has 124 valence electrons. The third-order valence-electron chi connectivity index (χ3n) is 5.15. The second kappa shape index (κ2) is 7.43. The van der Waals surface area contributed by atoms with Crippen LogP contribution >= 0.6 is 0 Å². The van der Waals surface area contributed by atoms with Crippen molar-refractivity contribution in [3.05, 3.63) is 0 Å². The van der Waals surface area contributed by atoms with Gasteiger partial charge in [-0.05, 0) is 40.0 Å². The normalized spacial score (nSPS) is 27.1. The fraction of sp³-hybridized carbons (Fsp3) is 1.00. The average Bonchev–Trinajstić information content (AvgIpc) is 2.43. The summed E-state index contributed by atoms with van der Waals surface area (Å²) in [5.74, 6) is 0. The maximum Gasteiger partial charge on any atom is 0.0600 e. The summed E-state index contributed by atoms with van der Waals surface area (Å²) in [7, 11) is 0. The Morgan fingerprint density at radius 2 is 1.90 bits per heavy atom. The van der Waals surface area contributed by atoms with Crippen LogP contribution in [-0.2, 0) is 4.74 Å². The molecule has 1 unspecified atom stereocenters. The van der Waals surface area contributed by atoms with Gasteiger partial charge in [0.2, 0.25) is 0 Å². The van der Waals surface area contributed by atoms with Gasteiger partial charge in [-0.2, -0.15) is 0 Å². The van der Waals surface area contributed by atoms with Crippen molar-refractivity contribution in [1.82, 2.24) is 10.2 Å². The molecule has 3 heteroatoms. The van der Waals surface area contributed by atoms with E-state index in [1.807, 2.05) is 0 Å². The van der Waals surface area contributed by atoms with E-state index in [2.05, 4.69) is 37.9 Å². The van der Waals surface area contributed by atoms with Crippen LogP contribution in [0.2, 0.25) is 0 Å². The summed E-state index contributed by atoms with van der Waals surface area (Å²) in [4.78, 5) is 2.77. The van der Waals surface area contributed by atoms with Crippen LogP contribution in [0.4, 0.5) is 0 Å². The Balaban J connectivity index is 1.95. The average molecular weight is 296 g/mol. The molecule has 1 aliphatic heterocycles. The van der Waals surface area contributed by atoms with Crippen molar-refractivity contribution in [2.45, 2.75) is 89.8 Å². The quantitative estimate of drug-likeness (QED) is 0.839. The molecule has 21 heavy (non-hydrogen) atoms. The minimum atomic E-state index is -0.0173. The number of hydrogen-bond donors (Lipinski definition) is 1. The van der Waals surface area contributed by atoms with Gasteiger partial charge in [0.15, 0.2) is 0 Å². The molecular weight excluding hydrogens is 260 g/mol. The first-order valence-corrected chi connectivity index (χ1v) is 9.08. The number of nitrogens with zero attached hydrogens (tertiary/aromatic N) is 1. The topological polar surface area (TPSA) is 24.5 Å². The van der Waals surface area contributed by atoms with Crippen molar-refractivity contribution in [3.8, 4) is 0 Å². The Bertz CT molecular complexity index is 305. The van der Waals surface area contributed by atoms with Crippen molar-refractivity contribution in [2.75, 3.05) is 26.2 Å². The highest BCUT2D eigenvalue weighted by atomic mass is 16.5. The van der Waals surface area contributed by atoms with E-state index in [0.29, 0.717) is 11.6 Å². The van der Waals surface area contributed by atoms with Gasteiger partial charge in [0.25, 0.3) is 0 Å². The fourth-order valence-electron chi connectivity index (χ4n) is 4.01. The lowest BCUT2D eigenvalue weighted by Crippen LogP contribution is -2.65. The highest BCUT2D eigenvalue weighted by molar-refractivity contribution is 5.00. The minimum Gasteiger partial charge on any atom is -0.375 e. The Labute approximate surface area is 131 Å². The summed E-state index contributed by atoms with van der Waals surface area (Å²) >= 11 is 0. The Hall–Kier alpha value is -0.120. The lowest BCUT2D eigenvalue weighted by atomic mass is 9.78. The van der Waals surface area contributed by atoms with Crippen molar-refractivity contribution >= 4 is 0 Å². The number of hydrogen-bond acceptors (Lipinski definition) is 3. The van der Waals surface area contributed by atoms with E-state index in [-0.39, 0.29) is 5.60 Å². The molecule has 1 saturated carbocycles. The predicted molar refractivity (Wildman–Crippen MR) is 89.8 cm³/mol. The van der Waals surface area contributed by atoms with Gasteiger partial charge < -0.3 is 10.1 Å². The summed E-state index contributed by atoms with van der Waals surface area (Å²) in [5.41, 5.74) is 0.403. The van der Waals surface area contributed by atoms with Crippen LogP contribution in [0, 0.1) is 0 Å². The van der Waals surface area contributed by atoms with Crippen LogP contribution in [-0.4, -0.2) is 48.3 Å². The molecule has 0 aromatic rings. The minimum absolute atomic E-state index is 0.0173. The molecule has 1 spiro atoms. The number of nitrogens with one attached hydrogen (secondary N) is 1. The summed E-state index contributed by atoms with van der Waals surface area (Å²) in [6, 6.07) is 0.678. The molecule has 1 aliphatic carbocycles. The van der Waals surface area contributed by atoms with Crippen molar-refractivity contribution < 1.29 is 4.74 Å². The van der Waals surface area contributed by atoms with Crippen molar-refractivity contribution in [1.29, 1.82) is 0 Å². The van der Waals surface area contributed by atoms with Gasteiger partial charge in [-0.3, -0.25) is 4.90 Å². The van der Waals surface area contributed by atoms with Crippen LogP contribution in [0.1, 0.15) is 72.6 Å². The van der Waals surface area contributed by atoms with Crippen molar-refractivity contribution in [3.63, 3.8) is 0 Å². The maximum atomic E-state index is 6.00. The van der Waals surface area contributed by atoms with Crippen LogP contribution in [0.5, 0.6) is 0 Å². The Morgan fingerprint density at radius 1 is 1.19 bits per heavy atom. The van der Waals surface area contributed by atoms with Crippen molar-refractivity contribution in [2.24, 2.45) is 0 Å². The molecule has 0 amide bonds. The van der Waals surface area contributed by atoms with Gasteiger partial charge in [-0.25, -0.2) is 0 Å². The van der Waals surface area contributed by atoms with E-state index in [9.17, 15) is 0 Å². The third-order valence-corrected chi connectivity index (χ3v) is 5.15. The molecule has 1 atom stereocenters. The first-order valence-electron chi connectivity index (χ1n) is 9.08. The van der Waals surface area contributed by atoms with Crippen LogP contribution in [0.25, 0.3) is 0 Å². The van der Waals surface area contributed by atoms with Gasteiger partial charge in [-0.15, -0.1) is 0 Å². The van der Waals surface area contributed by atoms with Gasteiger partial charge >= 0.3 is 0 Å². The van der Waals surface area contributed by atoms with Crippen LogP contribution in [0.3, 0.4) is 0 Å². The van der Waals surface area contributed by atoms with E-state index >= 15 is 0 Å².